The van der Waals surface area contributed by atoms with Gasteiger partial charge in [0.2, 0.25) is 5.91 Å². The molecule has 3 heterocycles. The van der Waals surface area contributed by atoms with E-state index in [1.165, 1.54) is 4.88 Å². The molecule has 3 rings (SSSR count). The van der Waals surface area contributed by atoms with E-state index in [4.69, 9.17) is 0 Å². The number of aryl methyl sites for hydroxylation is 1. The van der Waals surface area contributed by atoms with Gasteiger partial charge in [-0.1, -0.05) is 0 Å². The molecule has 4 nitrogen and oxygen atoms in total. The lowest BCUT2D eigenvalue weighted by Gasteiger charge is -2.20. The summed E-state index contributed by atoms with van der Waals surface area (Å²) >= 11 is 1.73. The fourth-order valence-corrected chi connectivity index (χ4v) is 3.61. The van der Waals surface area contributed by atoms with E-state index in [0.29, 0.717) is 24.4 Å². The highest BCUT2D eigenvalue weighted by Crippen LogP contribution is 2.29. The normalized spacial score (nSPS) is 27.8. The number of thiazole rings is 1. The second-order valence-corrected chi connectivity index (χ2v) is 6.17. The van der Waals surface area contributed by atoms with Crippen molar-refractivity contribution in [1.29, 1.82) is 0 Å². The lowest BCUT2D eigenvalue weighted by Crippen LogP contribution is -2.38. The Bertz CT molecular complexity index is 431. The molecule has 0 saturated carbocycles. The lowest BCUT2D eigenvalue weighted by atomic mass is 10.1. The van der Waals surface area contributed by atoms with Crippen molar-refractivity contribution in [3.63, 3.8) is 0 Å². The summed E-state index contributed by atoms with van der Waals surface area (Å²) in [5.74, 6) is 0.320. The summed E-state index contributed by atoms with van der Waals surface area (Å²) in [5, 5.41) is 4.62. The number of hydrogen-bond donors (Lipinski definition) is 1. The third kappa shape index (κ3) is 2.09. The van der Waals surface area contributed by atoms with Crippen LogP contribution in [0.2, 0.25) is 0 Å². The Morgan fingerprint density at radius 2 is 2.53 bits per heavy atom. The third-order valence-electron chi connectivity index (χ3n) is 3.66. The van der Waals surface area contributed by atoms with Crippen LogP contribution in [0.15, 0.2) is 6.20 Å². The van der Waals surface area contributed by atoms with Gasteiger partial charge in [0, 0.05) is 42.7 Å². The maximum absolute atomic E-state index is 11.8. The summed E-state index contributed by atoms with van der Waals surface area (Å²) in [5.41, 5.74) is 0. The Labute approximate surface area is 105 Å². The number of aromatic nitrogens is 1. The molecule has 0 aliphatic carbocycles. The zero-order valence-corrected chi connectivity index (χ0v) is 10.8. The van der Waals surface area contributed by atoms with Crippen LogP contribution in [-0.4, -0.2) is 34.4 Å². The smallest absolute Gasteiger partial charge is 0.224 e. The fraction of sp³-hybridized carbons (Fsp3) is 0.667. The first-order chi connectivity index (χ1) is 8.24. The molecule has 0 radical (unpaired) electrons. The van der Waals surface area contributed by atoms with Gasteiger partial charge in [-0.05, 0) is 19.8 Å². The molecule has 17 heavy (non-hydrogen) atoms. The maximum Gasteiger partial charge on any atom is 0.224 e. The molecule has 0 bridgehead atoms. The Hall–Kier alpha value is -0.940. The predicted molar refractivity (Wildman–Crippen MR) is 66.8 cm³/mol. The van der Waals surface area contributed by atoms with Gasteiger partial charge in [0.25, 0.3) is 0 Å². The molecule has 2 saturated heterocycles. The predicted octanol–water partition coefficient (Wildman–Crippen LogP) is 1.30. The molecule has 92 valence electrons. The van der Waals surface area contributed by atoms with E-state index in [-0.39, 0.29) is 0 Å². The first-order valence-corrected chi connectivity index (χ1v) is 7.00. The standard InChI is InChI=1S/C12H17N3OS/c1-8-6-14-11(17-8)7-13-9-5-12(16)15-4-2-3-10(9)15/h6,9-10,13H,2-5,7H2,1H3. The molecule has 1 amide bonds. The van der Waals surface area contributed by atoms with E-state index in [9.17, 15) is 4.79 Å². The van der Waals surface area contributed by atoms with E-state index in [1.54, 1.807) is 11.3 Å². The largest absolute Gasteiger partial charge is 0.338 e. The Morgan fingerprint density at radius 3 is 3.29 bits per heavy atom. The second-order valence-electron chi connectivity index (χ2n) is 4.85. The zero-order valence-electron chi connectivity index (χ0n) is 9.98. The van der Waals surface area contributed by atoms with E-state index >= 15 is 0 Å². The topological polar surface area (TPSA) is 45.2 Å². The minimum absolute atomic E-state index is 0.320. The van der Waals surface area contributed by atoms with Gasteiger partial charge in [-0.3, -0.25) is 4.79 Å². The number of carbonyl (C=O) groups excluding carboxylic acids is 1. The molecule has 2 atom stereocenters. The number of carbonyl (C=O) groups is 1. The average molecular weight is 251 g/mol. The monoisotopic (exact) mass is 251 g/mol. The lowest BCUT2D eigenvalue weighted by molar-refractivity contribution is -0.127. The highest BCUT2D eigenvalue weighted by atomic mass is 32.1. The Morgan fingerprint density at radius 1 is 1.65 bits per heavy atom. The molecule has 2 fully saturated rings. The first kappa shape index (κ1) is 11.2. The average Bonchev–Trinajstić information content (AvgIpc) is 2.96. The number of nitrogens with zero attached hydrogens (tertiary/aromatic N) is 2. The van der Waals surface area contributed by atoms with Crippen LogP contribution in [0.3, 0.4) is 0 Å². The van der Waals surface area contributed by atoms with Crippen molar-refractivity contribution in [2.75, 3.05) is 6.54 Å². The molecule has 1 N–H and O–H groups in total. The number of amides is 1. The number of fused-ring (bicyclic) bond motifs is 1. The molecule has 1 aromatic rings. The summed E-state index contributed by atoms with van der Waals surface area (Å²) in [4.78, 5) is 19.4. The van der Waals surface area contributed by atoms with Gasteiger partial charge in [-0.15, -0.1) is 11.3 Å². The molecular weight excluding hydrogens is 234 g/mol. The van der Waals surface area contributed by atoms with Crippen LogP contribution in [0.4, 0.5) is 0 Å². The van der Waals surface area contributed by atoms with Crippen molar-refractivity contribution in [2.45, 2.75) is 44.8 Å². The van der Waals surface area contributed by atoms with Crippen LogP contribution >= 0.6 is 11.3 Å². The number of nitrogens with one attached hydrogen (secondary N) is 1. The van der Waals surface area contributed by atoms with Crippen LogP contribution in [0, 0.1) is 6.92 Å². The van der Waals surface area contributed by atoms with E-state index in [1.807, 2.05) is 11.1 Å². The maximum atomic E-state index is 11.8. The molecule has 0 aromatic carbocycles. The molecule has 2 unspecified atom stereocenters. The highest BCUT2D eigenvalue weighted by Gasteiger charge is 2.41. The van der Waals surface area contributed by atoms with E-state index in [2.05, 4.69) is 17.2 Å². The first-order valence-electron chi connectivity index (χ1n) is 6.18. The van der Waals surface area contributed by atoms with Crippen molar-refractivity contribution in [3.8, 4) is 0 Å². The highest BCUT2D eigenvalue weighted by molar-refractivity contribution is 7.11. The molecule has 2 aliphatic rings. The van der Waals surface area contributed by atoms with Gasteiger partial charge in [-0.2, -0.15) is 0 Å². The minimum atomic E-state index is 0.320. The van der Waals surface area contributed by atoms with Crippen molar-refractivity contribution in [2.24, 2.45) is 0 Å². The summed E-state index contributed by atoms with van der Waals surface area (Å²) in [6, 6.07) is 0.762. The fourth-order valence-electron chi connectivity index (χ4n) is 2.87. The molecule has 1 aromatic heterocycles. The van der Waals surface area contributed by atoms with E-state index in [0.717, 1.165) is 30.9 Å². The Kier molecular flexibility index (Phi) is 2.88. The van der Waals surface area contributed by atoms with Gasteiger partial charge < -0.3 is 10.2 Å². The van der Waals surface area contributed by atoms with Crippen LogP contribution in [0.1, 0.15) is 29.1 Å². The summed E-state index contributed by atoms with van der Waals surface area (Å²) in [6.45, 7) is 3.82. The van der Waals surface area contributed by atoms with Crippen molar-refractivity contribution < 1.29 is 4.79 Å². The van der Waals surface area contributed by atoms with Gasteiger partial charge in [0.15, 0.2) is 0 Å². The zero-order chi connectivity index (χ0) is 11.8. The van der Waals surface area contributed by atoms with Crippen LogP contribution < -0.4 is 5.32 Å². The SMILES string of the molecule is Cc1cnc(CNC2CC(=O)N3CCCC23)s1. The summed E-state index contributed by atoms with van der Waals surface area (Å²) < 4.78 is 0. The molecule has 2 aliphatic heterocycles. The van der Waals surface area contributed by atoms with Gasteiger partial charge >= 0.3 is 0 Å². The van der Waals surface area contributed by atoms with Crippen molar-refractivity contribution in [3.05, 3.63) is 16.1 Å². The molecule has 5 heteroatoms. The number of hydrogen-bond acceptors (Lipinski definition) is 4. The van der Waals surface area contributed by atoms with Gasteiger partial charge in [0.1, 0.15) is 5.01 Å². The van der Waals surface area contributed by atoms with Crippen LogP contribution in [0.25, 0.3) is 0 Å². The quantitative estimate of drug-likeness (QED) is 0.881. The minimum Gasteiger partial charge on any atom is -0.338 e. The molecular formula is C12H17N3OS. The number of rotatable bonds is 3. The Balaban J connectivity index is 1.60. The van der Waals surface area contributed by atoms with Crippen LogP contribution in [-0.2, 0) is 11.3 Å². The summed E-state index contributed by atoms with van der Waals surface area (Å²) in [6.07, 6.45) is 4.88. The van der Waals surface area contributed by atoms with Crippen molar-refractivity contribution in [1.82, 2.24) is 15.2 Å². The van der Waals surface area contributed by atoms with Crippen molar-refractivity contribution >= 4 is 17.2 Å². The molecule has 0 spiro atoms. The second kappa shape index (κ2) is 4.38. The third-order valence-corrected chi connectivity index (χ3v) is 4.58. The summed E-state index contributed by atoms with van der Waals surface area (Å²) in [7, 11) is 0. The van der Waals surface area contributed by atoms with Gasteiger partial charge in [0.05, 0.1) is 0 Å². The van der Waals surface area contributed by atoms with E-state index < -0.39 is 0 Å². The van der Waals surface area contributed by atoms with Crippen LogP contribution in [0.5, 0.6) is 0 Å². The van der Waals surface area contributed by atoms with Gasteiger partial charge in [-0.25, -0.2) is 4.98 Å².